The Hall–Kier alpha value is -1.18. The number of hydrogen-bond donors (Lipinski definition) is 1. The van der Waals surface area contributed by atoms with Gasteiger partial charge in [0.2, 0.25) is 0 Å². The fourth-order valence-corrected chi connectivity index (χ4v) is 0.781. The van der Waals surface area contributed by atoms with E-state index in [0.29, 0.717) is 6.42 Å². The van der Waals surface area contributed by atoms with E-state index >= 15 is 0 Å². The molecule has 1 aromatic rings. The highest BCUT2D eigenvalue weighted by Gasteiger charge is 1.98. The molecule has 0 bridgehead atoms. The molecule has 0 fully saturated rings. The van der Waals surface area contributed by atoms with E-state index in [1.807, 2.05) is 19.1 Å². The summed E-state index contributed by atoms with van der Waals surface area (Å²) in [5.41, 5.74) is 0. The van der Waals surface area contributed by atoms with Crippen LogP contribution in [0.4, 0.5) is 0 Å². The minimum atomic E-state index is 0.134. The van der Waals surface area contributed by atoms with Gasteiger partial charge in [0.25, 0.3) is 0 Å². The molecule has 1 heterocycles. The quantitative estimate of drug-likeness (QED) is 0.635. The lowest BCUT2D eigenvalue weighted by Gasteiger charge is -1.91. The van der Waals surface area contributed by atoms with Gasteiger partial charge in [0.05, 0.1) is 12.2 Å². The van der Waals surface area contributed by atoms with Gasteiger partial charge in [-0.15, -0.1) is 0 Å². The number of aryl methyl sites for hydroxylation is 1. The number of furan rings is 1. The smallest absolute Gasteiger partial charge is 0.111 e. The Bertz CT molecular complexity index is 235. The third-order valence-corrected chi connectivity index (χ3v) is 1.17. The molecule has 0 aliphatic heterocycles. The van der Waals surface area contributed by atoms with Gasteiger partial charge in [-0.3, -0.25) is 0 Å². The topological polar surface area (TPSA) is 33.4 Å². The lowest BCUT2D eigenvalue weighted by molar-refractivity contribution is 0.381. The molecule has 0 atom stereocenters. The minimum absolute atomic E-state index is 0.134. The van der Waals surface area contributed by atoms with Crippen LogP contribution in [0.15, 0.2) is 28.9 Å². The van der Waals surface area contributed by atoms with Crippen molar-refractivity contribution in [3.05, 3.63) is 36.0 Å². The molecule has 1 aromatic heterocycles. The highest BCUT2D eigenvalue weighted by atomic mass is 16.3. The number of aliphatic hydroxyl groups is 1. The van der Waals surface area contributed by atoms with Crippen LogP contribution in [0.5, 0.6) is 0 Å². The summed E-state index contributed by atoms with van der Waals surface area (Å²) >= 11 is 0. The summed E-state index contributed by atoms with van der Waals surface area (Å²) in [6, 6.07) is 3.69. The SMILES string of the molecule is C=C(O)Cc1ccc(C)o1. The predicted octanol–water partition coefficient (Wildman–Crippen LogP) is 2.20. The molecule has 0 radical (unpaired) electrons. The molecular formula is C8H10O2. The molecule has 10 heavy (non-hydrogen) atoms. The van der Waals surface area contributed by atoms with Crippen molar-refractivity contribution in [1.82, 2.24) is 0 Å². The molecule has 1 N–H and O–H groups in total. The maximum atomic E-state index is 8.76. The monoisotopic (exact) mass is 138 g/mol. The Balaban J connectivity index is 2.67. The van der Waals surface area contributed by atoms with Gasteiger partial charge in [0.1, 0.15) is 11.5 Å². The zero-order chi connectivity index (χ0) is 7.56. The Morgan fingerprint density at radius 2 is 2.40 bits per heavy atom. The average Bonchev–Trinajstić information content (AvgIpc) is 2.13. The summed E-state index contributed by atoms with van der Waals surface area (Å²) in [5, 5.41) is 8.76. The summed E-state index contributed by atoms with van der Waals surface area (Å²) in [4.78, 5) is 0. The summed E-state index contributed by atoms with van der Waals surface area (Å²) in [6.07, 6.45) is 0.411. The van der Waals surface area contributed by atoms with Crippen molar-refractivity contribution >= 4 is 0 Å². The zero-order valence-electron chi connectivity index (χ0n) is 5.92. The first-order valence-electron chi connectivity index (χ1n) is 3.10. The lowest BCUT2D eigenvalue weighted by Crippen LogP contribution is -1.83. The lowest BCUT2D eigenvalue weighted by atomic mass is 10.3. The van der Waals surface area contributed by atoms with Crippen LogP contribution in [0.1, 0.15) is 11.5 Å². The molecule has 0 aromatic carbocycles. The Morgan fingerprint density at radius 3 is 2.80 bits per heavy atom. The van der Waals surface area contributed by atoms with E-state index in [1.165, 1.54) is 0 Å². The van der Waals surface area contributed by atoms with Crippen LogP contribution < -0.4 is 0 Å². The largest absolute Gasteiger partial charge is 0.512 e. The van der Waals surface area contributed by atoms with E-state index in [4.69, 9.17) is 9.52 Å². The van der Waals surface area contributed by atoms with E-state index < -0.39 is 0 Å². The summed E-state index contributed by atoms with van der Waals surface area (Å²) < 4.78 is 5.17. The highest BCUT2D eigenvalue weighted by molar-refractivity contribution is 5.09. The van der Waals surface area contributed by atoms with Crippen molar-refractivity contribution in [2.24, 2.45) is 0 Å². The molecule has 0 aliphatic carbocycles. The van der Waals surface area contributed by atoms with Gasteiger partial charge in [-0.2, -0.15) is 0 Å². The summed E-state index contributed by atoms with van der Waals surface area (Å²) in [7, 11) is 0. The van der Waals surface area contributed by atoms with Gasteiger partial charge >= 0.3 is 0 Å². The van der Waals surface area contributed by atoms with Crippen molar-refractivity contribution in [2.45, 2.75) is 13.3 Å². The second-order valence-electron chi connectivity index (χ2n) is 2.26. The van der Waals surface area contributed by atoms with Crippen LogP contribution in [0.2, 0.25) is 0 Å². The van der Waals surface area contributed by atoms with Crippen LogP contribution in [0.3, 0.4) is 0 Å². The molecule has 0 aliphatic rings. The van der Waals surface area contributed by atoms with Crippen molar-refractivity contribution in [2.75, 3.05) is 0 Å². The molecule has 0 unspecified atom stereocenters. The fourth-order valence-electron chi connectivity index (χ4n) is 0.781. The predicted molar refractivity (Wildman–Crippen MR) is 38.9 cm³/mol. The second kappa shape index (κ2) is 2.60. The molecule has 1 rings (SSSR count). The first-order chi connectivity index (χ1) is 4.68. The highest BCUT2D eigenvalue weighted by Crippen LogP contribution is 2.08. The zero-order valence-corrected chi connectivity index (χ0v) is 5.92. The standard InChI is InChI=1S/C8H10O2/c1-6(9)5-8-4-3-7(2)10-8/h3-4,9H,1,5H2,2H3. The van der Waals surface area contributed by atoms with E-state index in [9.17, 15) is 0 Å². The number of rotatable bonds is 2. The summed E-state index contributed by atoms with van der Waals surface area (Å²) in [6.45, 7) is 5.22. The van der Waals surface area contributed by atoms with Gasteiger partial charge in [-0.25, -0.2) is 0 Å². The van der Waals surface area contributed by atoms with Gasteiger partial charge in [0, 0.05) is 0 Å². The van der Waals surface area contributed by atoms with Crippen LogP contribution in [0.25, 0.3) is 0 Å². The second-order valence-corrected chi connectivity index (χ2v) is 2.26. The van der Waals surface area contributed by atoms with Crippen LogP contribution in [-0.4, -0.2) is 5.11 Å². The van der Waals surface area contributed by atoms with Crippen molar-refractivity contribution < 1.29 is 9.52 Å². The number of allylic oxidation sites excluding steroid dienone is 1. The van der Waals surface area contributed by atoms with E-state index in [1.54, 1.807) is 0 Å². The first-order valence-corrected chi connectivity index (χ1v) is 3.10. The molecule has 2 nitrogen and oxygen atoms in total. The Labute approximate surface area is 59.8 Å². The first kappa shape index (κ1) is 6.93. The molecule has 0 amide bonds. The molecule has 0 saturated carbocycles. The molecule has 54 valence electrons. The van der Waals surface area contributed by atoms with Crippen LogP contribution >= 0.6 is 0 Å². The average molecular weight is 138 g/mol. The van der Waals surface area contributed by atoms with E-state index in [-0.39, 0.29) is 5.76 Å². The Kier molecular flexibility index (Phi) is 1.81. The van der Waals surface area contributed by atoms with E-state index in [2.05, 4.69) is 6.58 Å². The van der Waals surface area contributed by atoms with Crippen LogP contribution in [-0.2, 0) is 6.42 Å². The number of aliphatic hydroxyl groups excluding tert-OH is 1. The van der Waals surface area contributed by atoms with Crippen molar-refractivity contribution in [1.29, 1.82) is 0 Å². The maximum Gasteiger partial charge on any atom is 0.111 e. The van der Waals surface area contributed by atoms with Gasteiger partial charge in [-0.1, -0.05) is 6.58 Å². The third-order valence-electron chi connectivity index (χ3n) is 1.17. The number of hydrogen-bond acceptors (Lipinski definition) is 2. The van der Waals surface area contributed by atoms with Crippen molar-refractivity contribution in [3.63, 3.8) is 0 Å². The fraction of sp³-hybridized carbons (Fsp3) is 0.250. The minimum Gasteiger partial charge on any atom is -0.512 e. The van der Waals surface area contributed by atoms with Gasteiger partial charge < -0.3 is 9.52 Å². The van der Waals surface area contributed by atoms with Gasteiger partial charge in [0.15, 0.2) is 0 Å². The third kappa shape index (κ3) is 1.65. The summed E-state index contributed by atoms with van der Waals surface area (Å²) in [5.74, 6) is 1.75. The molecular weight excluding hydrogens is 128 g/mol. The van der Waals surface area contributed by atoms with Gasteiger partial charge in [-0.05, 0) is 19.1 Å². The van der Waals surface area contributed by atoms with Crippen LogP contribution in [0, 0.1) is 6.92 Å². The normalized spacial score (nSPS) is 9.70. The molecule has 2 heteroatoms. The van der Waals surface area contributed by atoms with E-state index in [0.717, 1.165) is 11.5 Å². The maximum absolute atomic E-state index is 8.76. The van der Waals surface area contributed by atoms with Crippen molar-refractivity contribution in [3.8, 4) is 0 Å². The molecule has 0 spiro atoms. The molecule has 0 saturated heterocycles. The Morgan fingerprint density at radius 1 is 1.70 bits per heavy atom.